The Hall–Kier alpha value is -1.92. The number of aromatic nitrogens is 4. The van der Waals surface area contributed by atoms with Gasteiger partial charge >= 0.3 is 0 Å². The number of rotatable bonds is 11. The number of anilines is 1. The van der Waals surface area contributed by atoms with Crippen molar-refractivity contribution in [2.75, 3.05) is 12.3 Å². The van der Waals surface area contributed by atoms with E-state index in [4.69, 9.17) is 34.1 Å². The van der Waals surface area contributed by atoms with Gasteiger partial charge in [-0.15, -0.1) is 0 Å². The van der Waals surface area contributed by atoms with Crippen molar-refractivity contribution in [1.82, 2.24) is 19.5 Å². The summed E-state index contributed by atoms with van der Waals surface area (Å²) >= 11 is 3.60. The van der Waals surface area contributed by atoms with Gasteiger partial charge in [0.15, 0.2) is 15.9 Å². The first kappa shape index (κ1) is 34.0. The van der Waals surface area contributed by atoms with Gasteiger partial charge in [0.2, 0.25) is 28.5 Å². The molecule has 4 rings (SSSR count). The number of fused-ring (bicyclic) bond motifs is 1. The lowest BCUT2D eigenvalue weighted by atomic mass is 10.2. The monoisotopic (exact) mass is 695 g/mol. The van der Waals surface area contributed by atoms with Crippen LogP contribution < -0.4 is 10.5 Å². The summed E-state index contributed by atoms with van der Waals surface area (Å²) in [6.07, 6.45) is -0.960. The van der Waals surface area contributed by atoms with Crippen molar-refractivity contribution >= 4 is 49.7 Å². The molecule has 238 valence electrons. The van der Waals surface area contributed by atoms with Crippen molar-refractivity contribution in [2.24, 2.45) is 0 Å². The molecule has 0 bridgehead atoms. The van der Waals surface area contributed by atoms with E-state index < -0.39 is 35.1 Å². The number of nitrogens with two attached hydrogens (primary N) is 1. The number of hydrogen-bond donors (Lipinski definition) is 1. The van der Waals surface area contributed by atoms with E-state index in [9.17, 15) is 0 Å². The van der Waals surface area contributed by atoms with E-state index in [1.165, 1.54) is 0 Å². The fraction of sp³-hybridized carbons (Fsp3) is 0.621. The van der Waals surface area contributed by atoms with Crippen LogP contribution in [0.3, 0.4) is 0 Å². The quantitative estimate of drug-likeness (QED) is 0.0944. The Bertz CT molecular complexity index is 1390. The molecule has 1 aliphatic heterocycles. The van der Waals surface area contributed by atoms with Gasteiger partial charge < -0.3 is 15.2 Å². The molecule has 0 radical (unpaired) electrons. The minimum Gasteiger partial charge on any atom is -0.471 e. The summed E-state index contributed by atoms with van der Waals surface area (Å²) in [6.45, 7) is 22.0. The first-order chi connectivity index (χ1) is 19.9. The largest absolute Gasteiger partial charge is 0.471 e. The van der Waals surface area contributed by atoms with Crippen molar-refractivity contribution in [1.29, 1.82) is 0 Å². The SMILES string of the molecule is CC(C)(C)[Si](C)(C)OOC[C@H]1O[C@@H](n2c(Br)nc3c(OCc4ccccc4)nc(N)nc32)C[C@@H]1OO[Si](C)(C)C(C)(C)C. The normalized spacial score (nSPS) is 20.2. The summed E-state index contributed by atoms with van der Waals surface area (Å²) in [5, 5.41) is -0.0363. The van der Waals surface area contributed by atoms with E-state index in [1.807, 2.05) is 34.9 Å². The number of benzene rings is 1. The molecule has 1 fully saturated rings. The summed E-state index contributed by atoms with van der Waals surface area (Å²) in [5.74, 6) is 0.361. The standard InChI is InChI=1S/C29H46BrN5O6Si2/c1-28(2,3)42(7,8)40-37-18-21-20(39-41-43(9,10)29(4,5)6)16-22(38-21)35-24-23(32-26(35)30)25(34-27(31)33-24)36-17-19-14-12-11-13-15-19/h11-15,20-22H,16-18H2,1-10H3,(H2,31,33,34)/t20-,21+,22+/m0/s1. The molecule has 0 aliphatic carbocycles. The molecule has 0 amide bonds. The predicted molar refractivity (Wildman–Crippen MR) is 174 cm³/mol. The van der Waals surface area contributed by atoms with Crippen molar-refractivity contribution in [2.45, 2.75) is 109 Å². The van der Waals surface area contributed by atoms with Gasteiger partial charge in [-0.05, 0) is 57.8 Å². The molecule has 1 aromatic carbocycles. The average Bonchev–Trinajstić information content (AvgIpc) is 3.44. The maximum Gasteiger partial charge on any atom is 0.247 e. The average molecular weight is 697 g/mol. The molecule has 1 aliphatic rings. The zero-order valence-corrected chi connectivity index (χ0v) is 30.5. The molecule has 0 saturated carbocycles. The van der Waals surface area contributed by atoms with E-state index in [0.29, 0.717) is 34.8 Å². The Kier molecular flexibility index (Phi) is 10.1. The summed E-state index contributed by atoms with van der Waals surface area (Å²) in [4.78, 5) is 25.5. The first-order valence-electron chi connectivity index (χ1n) is 14.6. The summed E-state index contributed by atoms with van der Waals surface area (Å²) in [6, 6.07) is 9.82. The fourth-order valence-electron chi connectivity index (χ4n) is 3.81. The number of halogens is 1. The highest BCUT2D eigenvalue weighted by Crippen LogP contribution is 2.41. The van der Waals surface area contributed by atoms with E-state index in [1.54, 1.807) is 0 Å². The summed E-state index contributed by atoms with van der Waals surface area (Å²) in [7, 11) is -4.35. The van der Waals surface area contributed by atoms with Crippen molar-refractivity contribution < 1.29 is 28.4 Å². The number of hydrogen-bond acceptors (Lipinski definition) is 10. The highest BCUT2D eigenvalue weighted by Gasteiger charge is 2.45. The third kappa shape index (κ3) is 7.85. The number of imidazole rings is 1. The molecule has 14 heteroatoms. The van der Waals surface area contributed by atoms with E-state index in [0.717, 1.165) is 5.56 Å². The smallest absolute Gasteiger partial charge is 0.247 e. The van der Waals surface area contributed by atoms with Crippen LogP contribution in [0.5, 0.6) is 5.88 Å². The Balaban J connectivity index is 1.59. The van der Waals surface area contributed by atoms with Gasteiger partial charge in [-0.1, -0.05) is 71.9 Å². The number of nitrogen functional groups attached to an aromatic ring is 1. The van der Waals surface area contributed by atoms with Crippen LogP contribution in [0.1, 0.15) is 59.8 Å². The summed E-state index contributed by atoms with van der Waals surface area (Å²) < 4.78 is 27.1. The Morgan fingerprint density at radius 2 is 1.58 bits per heavy atom. The molecular weight excluding hydrogens is 650 g/mol. The highest BCUT2D eigenvalue weighted by atomic mass is 79.9. The molecule has 3 atom stereocenters. The number of ether oxygens (including phenoxy) is 2. The van der Waals surface area contributed by atoms with Gasteiger partial charge in [-0.3, -0.25) is 13.7 Å². The molecule has 0 spiro atoms. The van der Waals surface area contributed by atoms with Crippen molar-refractivity contribution in [3.63, 3.8) is 0 Å². The fourth-order valence-corrected chi connectivity index (χ4v) is 5.61. The zero-order chi connectivity index (χ0) is 31.8. The molecule has 43 heavy (non-hydrogen) atoms. The molecule has 2 aromatic heterocycles. The highest BCUT2D eigenvalue weighted by molar-refractivity contribution is 9.10. The minimum absolute atomic E-state index is 0.00602. The second-order valence-electron chi connectivity index (χ2n) is 14.1. The predicted octanol–water partition coefficient (Wildman–Crippen LogP) is 7.31. The first-order valence-corrected chi connectivity index (χ1v) is 21.2. The van der Waals surface area contributed by atoms with Gasteiger partial charge in [-0.25, -0.2) is 14.8 Å². The zero-order valence-electron chi connectivity index (χ0n) is 26.9. The lowest BCUT2D eigenvalue weighted by Crippen LogP contribution is -2.44. The maximum absolute atomic E-state index is 6.54. The Morgan fingerprint density at radius 3 is 2.21 bits per heavy atom. The summed E-state index contributed by atoms with van der Waals surface area (Å²) in [5.41, 5.74) is 8.08. The van der Waals surface area contributed by atoms with Gasteiger partial charge in [0.1, 0.15) is 31.6 Å². The molecule has 3 aromatic rings. The van der Waals surface area contributed by atoms with Crippen LogP contribution in [0.4, 0.5) is 5.95 Å². The van der Waals surface area contributed by atoms with Gasteiger partial charge in [-0.2, -0.15) is 9.97 Å². The molecule has 0 unspecified atom stereocenters. The third-order valence-electron chi connectivity index (χ3n) is 8.66. The minimum atomic E-state index is -2.21. The van der Waals surface area contributed by atoms with Crippen molar-refractivity contribution in [3.8, 4) is 5.88 Å². The van der Waals surface area contributed by atoms with E-state index >= 15 is 0 Å². The van der Waals surface area contributed by atoms with Gasteiger partial charge in [0, 0.05) is 6.42 Å². The molecule has 3 heterocycles. The van der Waals surface area contributed by atoms with Gasteiger partial charge in [0.05, 0.1) is 0 Å². The van der Waals surface area contributed by atoms with E-state index in [-0.39, 0.29) is 22.6 Å². The van der Waals surface area contributed by atoms with E-state index in [2.05, 4.69) is 98.6 Å². The maximum atomic E-state index is 6.54. The third-order valence-corrected chi connectivity index (χ3v) is 17.5. The number of nitrogens with zero attached hydrogens (tertiary/aromatic N) is 4. The van der Waals surface area contributed by atoms with Crippen LogP contribution in [0.2, 0.25) is 36.3 Å². The Labute approximate surface area is 265 Å². The van der Waals surface area contributed by atoms with Crippen LogP contribution in [-0.4, -0.2) is 55.0 Å². The molecule has 11 nitrogen and oxygen atoms in total. The second kappa shape index (κ2) is 12.8. The topological polar surface area (TPSA) is 125 Å². The van der Waals surface area contributed by atoms with Crippen LogP contribution in [0.15, 0.2) is 35.1 Å². The molecular formula is C29H46BrN5O6Si2. The van der Waals surface area contributed by atoms with Crippen LogP contribution in [0, 0.1) is 0 Å². The van der Waals surface area contributed by atoms with Crippen molar-refractivity contribution in [3.05, 3.63) is 40.6 Å². The van der Waals surface area contributed by atoms with Crippen LogP contribution in [0.25, 0.3) is 11.2 Å². The lowest BCUT2D eigenvalue weighted by molar-refractivity contribution is -0.290. The lowest BCUT2D eigenvalue weighted by Gasteiger charge is -2.36. The molecule has 1 saturated heterocycles. The Morgan fingerprint density at radius 1 is 0.953 bits per heavy atom. The van der Waals surface area contributed by atoms with Crippen LogP contribution >= 0.6 is 15.9 Å². The van der Waals surface area contributed by atoms with Crippen LogP contribution in [-0.2, 0) is 30.3 Å². The van der Waals surface area contributed by atoms with Gasteiger partial charge in [0.25, 0.3) is 0 Å². The second-order valence-corrected chi connectivity index (χ2v) is 24.1. The molecule has 2 N–H and O–H groups in total.